The molecule has 0 saturated heterocycles. The van der Waals surface area contributed by atoms with Gasteiger partial charge >= 0.3 is 0 Å². The lowest BCUT2D eigenvalue weighted by Gasteiger charge is -2.28. The minimum atomic E-state index is -0.662. The van der Waals surface area contributed by atoms with Gasteiger partial charge in [0, 0.05) is 13.6 Å². The average molecular weight is 386 g/mol. The summed E-state index contributed by atoms with van der Waals surface area (Å²) in [5.41, 5.74) is 0.848. The molecular weight excluding hydrogens is 360 g/mol. The monoisotopic (exact) mass is 386 g/mol. The fraction of sp³-hybridized carbons (Fsp3) is 0.333. The van der Waals surface area contributed by atoms with E-state index in [1.165, 1.54) is 12.0 Å². The number of para-hydroxylation sites is 2. The van der Waals surface area contributed by atoms with Crippen LogP contribution in [0.15, 0.2) is 48.5 Å². The zero-order chi connectivity index (χ0) is 20.5. The van der Waals surface area contributed by atoms with Crippen LogP contribution < -0.4 is 19.5 Å². The van der Waals surface area contributed by atoms with Crippen molar-refractivity contribution >= 4 is 11.8 Å². The van der Waals surface area contributed by atoms with E-state index in [0.717, 1.165) is 5.56 Å². The van der Waals surface area contributed by atoms with Crippen molar-refractivity contribution in [1.29, 1.82) is 0 Å². The molecule has 0 fully saturated rings. The Balaban J connectivity index is 2.17. The predicted molar refractivity (Wildman–Crippen MR) is 106 cm³/mol. The van der Waals surface area contributed by atoms with Gasteiger partial charge in [-0.1, -0.05) is 24.3 Å². The number of carbonyl (C=O) groups excluding carboxylic acids is 2. The van der Waals surface area contributed by atoms with E-state index in [2.05, 4.69) is 5.32 Å². The van der Waals surface area contributed by atoms with Crippen molar-refractivity contribution in [3.8, 4) is 17.2 Å². The van der Waals surface area contributed by atoms with Gasteiger partial charge in [0.2, 0.25) is 5.91 Å². The van der Waals surface area contributed by atoms with Gasteiger partial charge in [0.05, 0.1) is 14.2 Å². The highest BCUT2D eigenvalue weighted by atomic mass is 16.5. The molecule has 7 heteroatoms. The van der Waals surface area contributed by atoms with Crippen LogP contribution in [0.5, 0.6) is 17.2 Å². The molecule has 2 rings (SSSR count). The van der Waals surface area contributed by atoms with Crippen molar-refractivity contribution in [3.05, 3.63) is 54.1 Å². The van der Waals surface area contributed by atoms with Crippen LogP contribution in [0.3, 0.4) is 0 Å². The average Bonchev–Trinajstić information content (AvgIpc) is 2.74. The topological polar surface area (TPSA) is 77.1 Å². The van der Waals surface area contributed by atoms with Gasteiger partial charge in [-0.05, 0) is 36.8 Å². The Morgan fingerprint density at radius 1 is 1.04 bits per heavy atom. The van der Waals surface area contributed by atoms with Gasteiger partial charge in [-0.2, -0.15) is 0 Å². The third kappa shape index (κ3) is 5.39. The van der Waals surface area contributed by atoms with Gasteiger partial charge in [0.15, 0.2) is 18.1 Å². The minimum Gasteiger partial charge on any atom is -0.497 e. The SMILES string of the molecule is CNC(=O)C(C)N(Cc1cccc(OC)c1)C(=O)COc1ccccc1OC. The van der Waals surface area contributed by atoms with Gasteiger partial charge < -0.3 is 24.4 Å². The van der Waals surface area contributed by atoms with Crippen LogP contribution in [-0.2, 0) is 16.1 Å². The summed E-state index contributed by atoms with van der Waals surface area (Å²) in [6.07, 6.45) is 0. The second kappa shape index (κ2) is 10.2. The van der Waals surface area contributed by atoms with E-state index in [1.54, 1.807) is 39.3 Å². The van der Waals surface area contributed by atoms with Crippen molar-refractivity contribution in [1.82, 2.24) is 10.2 Å². The number of benzene rings is 2. The van der Waals surface area contributed by atoms with Crippen molar-refractivity contribution in [2.75, 3.05) is 27.9 Å². The molecule has 0 aliphatic rings. The molecule has 150 valence electrons. The van der Waals surface area contributed by atoms with Gasteiger partial charge in [0.25, 0.3) is 5.91 Å². The molecule has 0 spiro atoms. The van der Waals surface area contributed by atoms with E-state index in [4.69, 9.17) is 14.2 Å². The number of ether oxygens (including phenoxy) is 3. The zero-order valence-corrected chi connectivity index (χ0v) is 16.6. The molecule has 0 bridgehead atoms. The molecule has 1 N–H and O–H groups in total. The molecule has 0 aliphatic heterocycles. The fourth-order valence-electron chi connectivity index (χ4n) is 2.72. The summed E-state index contributed by atoms with van der Waals surface area (Å²) in [6, 6.07) is 13.8. The van der Waals surface area contributed by atoms with Crippen molar-refractivity contribution in [3.63, 3.8) is 0 Å². The van der Waals surface area contributed by atoms with E-state index in [-0.39, 0.29) is 25.0 Å². The maximum atomic E-state index is 12.9. The van der Waals surface area contributed by atoms with E-state index in [9.17, 15) is 9.59 Å². The summed E-state index contributed by atoms with van der Waals surface area (Å²) in [4.78, 5) is 26.5. The molecule has 1 atom stereocenters. The predicted octanol–water partition coefficient (Wildman–Crippen LogP) is 2.25. The van der Waals surface area contributed by atoms with Crippen molar-refractivity contribution in [2.24, 2.45) is 0 Å². The van der Waals surface area contributed by atoms with Crippen LogP contribution in [0.1, 0.15) is 12.5 Å². The van der Waals surface area contributed by atoms with Crippen LogP contribution >= 0.6 is 0 Å². The Bertz CT molecular complexity index is 809. The van der Waals surface area contributed by atoms with Crippen LogP contribution in [0, 0.1) is 0 Å². The molecule has 7 nitrogen and oxygen atoms in total. The highest BCUT2D eigenvalue weighted by molar-refractivity contribution is 5.87. The molecule has 0 radical (unpaired) electrons. The smallest absolute Gasteiger partial charge is 0.261 e. The molecular formula is C21H26N2O5. The van der Waals surface area contributed by atoms with Crippen LogP contribution in [0.4, 0.5) is 0 Å². The van der Waals surface area contributed by atoms with Gasteiger partial charge in [-0.15, -0.1) is 0 Å². The number of hydrogen-bond donors (Lipinski definition) is 1. The van der Waals surface area contributed by atoms with Crippen LogP contribution in [0.2, 0.25) is 0 Å². The van der Waals surface area contributed by atoms with Crippen LogP contribution in [-0.4, -0.2) is 50.6 Å². The number of nitrogens with one attached hydrogen (secondary N) is 1. The first kappa shape index (κ1) is 21.1. The minimum absolute atomic E-state index is 0.217. The Labute approximate surface area is 165 Å². The summed E-state index contributed by atoms with van der Waals surface area (Å²) in [5, 5.41) is 2.58. The lowest BCUT2D eigenvalue weighted by molar-refractivity contribution is -0.142. The molecule has 28 heavy (non-hydrogen) atoms. The number of methoxy groups -OCH3 is 2. The number of carbonyl (C=O) groups is 2. The highest BCUT2D eigenvalue weighted by Crippen LogP contribution is 2.26. The lowest BCUT2D eigenvalue weighted by Crippen LogP contribution is -2.48. The largest absolute Gasteiger partial charge is 0.497 e. The molecule has 0 saturated carbocycles. The molecule has 2 aromatic carbocycles. The van der Waals surface area contributed by atoms with Crippen molar-refractivity contribution in [2.45, 2.75) is 19.5 Å². The van der Waals surface area contributed by atoms with Gasteiger partial charge in [-0.25, -0.2) is 0 Å². The maximum Gasteiger partial charge on any atom is 0.261 e. The molecule has 2 amide bonds. The summed E-state index contributed by atoms with van der Waals surface area (Å²) >= 11 is 0. The Morgan fingerprint density at radius 2 is 1.75 bits per heavy atom. The van der Waals surface area contributed by atoms with E-state index < -0.39 is 6.04 Å². The zero-order valence-electron chi connectivity index (χ0n) is 16.6. The highest BCUT2D eigenvalue weighted by Gasteiger charge is 2.26. The molecule has 0 aromatic heterocycles. The van der Waals surface area contributed by atoms with Crippen LogP contribution in [0.25, 0.3) is 0 Å². The van der Waals surface area contributed by atoms with Crippen molar-refractivity contribution < 1.29 is 23.8 Å². The summed E-state index contributed by atoms with van der Waals surface area (Å²) in [7, 11) is 4.65. The normalized spacial score (nSPS) is 11.3. The first-order valence-electron chi connectivity index (χ1n) is 8.90. The van der Waals surface area contributed by atoms with E-state index in [0.29, 0.717) is 17.2 Å². The second-order valence-corrected chi connectivity index (χ2v) is 6.10. The van der Waals surface area contributed by atoms with E-state index >= 15 is 0 Å². The van der Waals surface area contributed by atoms with E-state index in [1.807, 2.05) is 30.3 Å². The quantitative estimate of drug-likeness (QED) is 0.715. The summed E-state index contributed by atoms with van der Waals surface area (Å²) in [6.45, 7) is 1.71. The number of nitrogens with zero attached hydrogens (tertiary/aromatic N) is 1. The third-order valence-electron chi connectivity index (χ3n) is 4.32. The first-order valence-corrected chi connectivity index (χ1v) is 8.90. The number of hydrogen-bond acceptors (Lipinski definition) is 5. The Hall–Kier alpha value is -3.22. The van der Waals surface area contributed by atoms with Gasteiger partial charge in [0.1, 0.15) is 11.8 Å². The lowest BCUT2D eigenvalue weighted by atomic mass is 10.1. The Morgan fingerprint density at radius 3 is 2.39 bits per heavy atom. The molecule has 0 aliphatic carbocycles. The molecule has 1 unspecified atom stereocenters. The first-order chi connectivity index (χ1) is 13.5. The summed E-state index contributed by atoms with van der Waals surface area (Å²) < 4.78 is 16.1. The third-order valence-corrected chi connectivity index (χ3v) is 4.32. The molecule has 2 aromatic rings. The summed E-state index contributed by atoms with van der Waals surface area (Å²) in [5.74, 6) is 1.11. The van der Waals surface area contributed by atoms with Gasteiger partial charge in [-0.3, -0.25) is 9.59 Å². The molecule has 0 heterocycles. The fourth-order valence-corrected chi connectivity index (χ4v) is 2.72. The number of amides is 2. The Kier molecular flexibility index (Phi) is 7.68. The maximum absolute atomic E-state index is 12.9. The number of likely N-dealkylation sites (N-methyl/N-ethyl adjacent to an activating group) is 1. The standard InChI is InChI=1S/C21H26N2O5/c1-15(21(25)22-2)23(13-16-8-7-9-17(12-16)26-3)20(24)14-28-19-11-6-5-10-18(19)27-4/h5-12,15H,13-14H2,1-4H3,(H,22,25). The number of rotatable bonds is 9. The second-order valence-electron chi connectivity index (χ2n) is 6.10.